The molecule has 0 saturated carbocycles. The second-order valence-corrected chi connectivity index (χ2v) is 9.07. The molecule has 7 heteroatoms. The van der Waals surface area contributed by atoms with E-state index < -0.39 is 0 Å². The molecule has 0 bridgehead atoms. The van der Waals surface area contributed by atoms with E-state index in [2.05, 4.69) is 28.4 Å². The Morgan fingerprint density at radius 2 is 1.85 bits per heavy atom. The molecule has 2 saturated heterocycles. The maximum absolute atomic E-state index is 12.6. The van der Waals surface area contributed by atoms with Gasteiger partial charge in [0.15, 0.2) is 5.82 Å². The monoisotopic (exact) mass is 450 g/mol. The number of aryl methyl sites for hydroxylation is 1. The Kier molecular flexibility index (Phi) is 6.13. The van der Waals surface area contributed by atoms with Crippen LogP contribution in [-0.4, -0.2) is 53.3 Å². The molecule has 1 amide bonds. The Morgan fingerprint density at radius 3 is 2.61 bits per heavy atom. The van der Waals surface area contributed by atoms with Gasteiger partial charge in [-0.25, -0.2) is 9.97 Å². The van der Waals surface area contributed by atoms with Gasteiger partial charge in [0, 0.05) is 46.5 Å². The van der Waals surface area contributed by atoms with Crippen molar-refractivity contribution in [1.29, 1.82) is 0 Å². The number of carbonyl (C=O) groups is 1. The first-order valence-corrected chi connectivity index (χ1v) is 11.8. The molecule has 0 radical (unpaired) electrons. The van der Waals surface area contributed by atoms with Crippen LogP contribution in [-0.2, 0) is 9.53 Å². The first-order chi connectivity index (χ1) is 16.1. The molecule has 2 aliphatic rings. The van der Waals surface area contributed by atoms with Crippen molar-refractivity contribution in [2.45, 2.75) is 38.6 Å². The molecule has 2 N–H and O–H groups in total. The molecular formula is C26H34N4O3. The van der Waals surface area contributed by atoms with Gasteiger partial charge in [0.1, 0.15) is 11.6 Å². The first kappa shape index (κ1) is 21.6. The molecule has 1 aromatic heterocycles. The number of hydrogen-bond acceptors (Lipinski definition) is 6. The van der Waals surface area contributed by atoms with Gasteiger partial charge in [0.2, 0.25) is 5.91 Å². The van der Waals surface area contributed by atoms with E-state index >= 15 is 0 Å². The number of phenolic OH excluding ortho intramolecular Hbond substituents is 1. The Bertz CT molecular complexity index is 1160. The summed E-state index contributed by atoms with van der Waals surface area (Å²) in [5, 5.41) is 14.6. The largest absolute Gasteiger partial charge is 0.507 e. The molecule has 176 valence electrons. The van der Waals surface area contributed by atoms with E-state index in [4.69, 9.17) is 14.7 Å². The van der Waals surface area contributed by atoms with Crippen LogP contribution in [0.25, 0.3) is 22.3 Å². The number of amides is 1. The van der Waals surface area contributed by atoms with Crippen molar-refractivity contribution in [3.63, 3.8) is 0 Å². The number of ether oxygens (including phenoxy) is 1. The van der Waals surface area contributed by atoms with Gasteiger partial charge in [-0.05, 0) is 62.4 Å². The van der Waals surface area contributed by atoms with Crippen molar-refractivity contribution in [2.75, 3.05) is 31.2 Å². The summed E-state index contributed by atoms with van der Waals surface area (Å²) in [6.45, 7) is 5.01. The highest BCUT2D eigenvalue weighted by Crippen LogP contribution is 2.33. The van der Waals surface area contributed by atoms with Gasteiger partial charge in [0.25, 0.3) is 0 Å². The molecular weight excluding hydrogens is 416 g/mol. The summed E-state index contributed by atoms with van der Waals surface area (Å²) in [6.07, 6.45) is 3.37. The number of nitrogens with zero attached hydrogens (tertiary/aromatic N) is 3. The number of anilines is 1. The standard InChI is InChI=1S/C26H30N4O3.2H2/c1-17-6-7-20-22(16-17)28-24(21-4-2-3-5-23(21)31)29-25(20)30-12-8-19(9-13-30)27-26(32)18-10-14-33-15-11-18;;/h2-7,16,18-19,31H,8-15H2,1H3,(H,27,32);2*1H. The predicted molar refractivity (Wildman–Crippen MR) is 133 cm³/mol. The van der Waals surface area contributed by atoms with E-state index in [-0.39, 0.29) is 26.5 Å². The van der Waals surface area contributed by atoms with Crippen LogP contribution in [0.4, 0.5) is 5.82 Å². The number of aromatic nitrogens is 2. The number of aromatic hydroxyl groups is 1. The highest BCUT2D eigenvalue weighted by atomic mass is 16.5. The van der Waals surface area contributed by atoms with Gasteiger partial charge in [-0.3, -0.25) is 4.79 Å². The molecule has 7 nitrogen and oxygen atoms in total. The van der Waals surface area contributed by atoms with Crippen LogP contribution in [0, 0.1) is 12.8 Å². The highest BCUT2D eigenvalue weighted by Gasteiger charge is 2.27. The van der Waals surface area contributed by atoms with Crippen molar-refractivity contribution in [3.05, 3.63) is 48.0 Å². The number of para-hydroxylation sites is 1. The number of nitrogens with one attached hydrogen (secondary N) is 1. The van der Waals surface area contributed by atoms with E-state index in [1.165, 1.54) is 0 Å². The number of fused-ring (bicyclic) bond motifs is 1. The van der Waals surface area contributed by atoms with Gasteiger partial charge in [-0.15, -0.1) is 0 Å². The van der Waals surface area contributed by atoms with Crippen LogP contribution in [0.15, 0.2) is 42.5 Å². The molecule has 2 aliphatic heterocycles. The van der Waals surface area contributed by atoms with Crippen LogP contribution in [0.1, 0.15) is 34.1 Å². The molecule has 3 heterocycles. The van der Waals surface area contributed by atoms with Crippen molar-refractivity contribution in [1.82, 2.24) is 15.3 Å². The third-order valence-electron chi connectivity index (χ3n) is 6.71. The smallest absolute Gasteiger partial charge is 0.223 e. The summed E-state index contributed by atoms with van der Waals surface area (Å²) in [4.78, 5) is 24.6. The second kappa shape index (κ2) is 9.35. The minimum Gasteiger partial charge on any atom is -0.507 e. The highest BCUT2D eigenvalue weighted by molar-refractivity contribution is 5.92. The lowest BCUT2D eigenvalue weighted by Gasteiger charge is -2.34. The van der Waals surface area contributed by atoms with Gasteiger partial charge < -0.3 is 20.1 Å². The van der Waals surface area contributed by atoms with Crippen molar-refractivity contribution in [3.8, 4) is 17.1 Å². The topological polar surface area (TPSA) is 87.6 Å². The maximum Gasteiger partial charge on any atom is 0.223 e. The Labute approximate surface area is 196 Å². The molecule has 3 aromatic rings. The van der Waals surface area contributed by atoms with E-state index in [1.54, 1.807) is 12.1 Å². The zero-order chi connectivity index (χ0) is 22.8. The lowest BCUT2D eigenvalue weighted by atomic mass is 9.97. The molecule has 0 atom stereocenters. The number of hydrogen-bond donors (Lipinski definition) is 2. The summed E-state index contributed by atoms with van der Waals surface area (Å²) in [5.74, 6) is 1.82. The number of phenols is 1. The molecule has 33 heavy (non-hydrogen) atoms. The summed E-state index contributed by atoms with van der Waals surface area (Å²) in [6, 6.07) is 13.6. The fourth-order valence-corrected chi connectivity index (χ4v) is 4.76. The Balaban J connectivity index is 0.00000171. The molecule has 0 spiro atoms. The summed E-state index contributed by atoms with van der Waals surface area (Å²) in [7, 11) is 0. The lowest BCUT2D eigenvalue weighted by molar-refractivity contribution is -0.128. The lowest BCUT2D eigenvalue weighted by Crippen LogP contribution is -2.47. The zero-order valence-electron chi connectivity index (χ0n) is 19.0. The van der Waals surface area contributed by atoms with Gasteiger partial charge in [0.05, 0.1) is 11.1 Å². The summed E-state index contributed by atoms with van der Waals surface area (Å²) < 4.78 is 5.38. The van der Waals surface area contributed by atoms with Crippen LogP contribution in [0.3, 0.4) is 0 Å². The fourth-order valence-electron chi connectivity index (χ4n) is 4.76. The van der Waals surface area contributed by atoms with E-state index in [1.807, 2.05) is 19.1 Å². The quantitative estimate of drug-likeness (QED) is 0.616. The van der Waals surface area contributed by atoms with Crippen LogP contribution >= 0.6 is 0 Å². The van der Waals surface area contributed by atoms with Gasteiger partial charge in [-0.1, -0.05) is 18.2 Å². The summed E-state index contributed by atoms with van der Waals surface area (Å²) >= 11 is 0. The zero-order valence-corrected chi connectivity index (χ0v) is 19.0. The minimum absolute atomic E-state index is 0. The molecule has 5 rings (SSSR count). The van der Waals surface area contributed by atoms with Gasteiger partial charge in [-0.2, -0.15) is 0 Å². The van der Waals surface area contributed by atoms with Crippen molar-refractivity contribution in [2.24, 2.45) is 5.92 Å². The third kappa shape index (κ3) is 4.64. The van der Waals surface area contributed by atoms with Gasteiger partial charge >= 0.3 is 0 Å². The minimum atomic E-state index is 0. The molecule has 2 aromatic carbocycles. The van der Waals surface area contributed by atoms with Crippen LogP contribution < -0.4 is 10.2 Å². The van der Waals surface area contributed by atoms with E-state index in [0.29, 0.717) is 24.6 Å². The van der Waals surface area contributed by atoms with Crippen LogP contribution in [0.2, 0.25) is 0 Å². The Morgan fingerprint density at radius 1 is 1.09 bits per heavy atom. The van der Waals surface area contributed by atoms with Crippen LogP contribution in [0.5, 0.6) is 5.75 Å². The fraction of sp³-hybridized carbons (Fsp3) is 0.423. The maximum atomic E-state index is 12.6. The Hall–Kier alpha value is -3.19. The SMILES string of the molecule is Cc1ccc2c(N3CCC(NC(=O)C4CCOCC4)CC3)nc(-c3ccccc3O)nc2c1.[HH].[HH]. The first-order valence-electron chi connectivity index (χ1n) is 11.8. The van der Waals surface area contributed by atoms with Crippen molar-refractivity contribution >= 4 is 22.6 Å². The van der Waals surface area contributed by atoms with E-state index in [9.17, 15) is 9.90 Å². The number of benzene rings is 2. The molecule has 0 aliphatic carbocycles. The average molecular weight is 451 g/mol. The summed E-state index contributed by atoms with van der Waals surface area (Å²) in [5.41, 5.74) is 2.62. The normalized spacial score (nSPS) is 17.9. The van der Waals surface area contributed by atoms with E-state index in [0.717, 1.165) is 61.1 Å². The average Bonchev–Trinajstić information content (AvgIpc) is 2.84. The number of piperidine rings is 1. The predicted octanol–water partition coefficient (Wildman–Crippen LogP) is 4.31. The molecule has 2 fully saturated rings. The number of rotatable bonds is 4. The van der Waals surface area contributed by atoms with Crippen molar-refractivity contribution < 1.29 is 17.5 Å². The molecule has 0 unspecified atom stereocenters. The second-order valence-electron chi connectivity index (χ2n) is 9.07. The third-order valence-corrected chi connectivity index (χ3v) is 6.71. The number of carbonyl (C=O) groups excluding carboxylic acids is 1.